The first-order chi connectivity index (χ1) is 63.7. The second kappa shape index (κ2) is 49.6. The number of hydrogen-bond donors (Lipinski definition) is 7. The van der Waals surface area contributed by atoms with Crippen LogP contribution in [0.25, 0.3) is 34.0 Å². The molecule has 6 saturated heterocycles. The summed E-state index contributed by atoms with van der Waals surface area (Å²) >= 11 is 0. The van der Waals surface area contributed by atoms with Crippen molar-refractivity contribution in [1.29, 1.82) is 0 Å². The number of hydrogen-bond acceptors (Lipinski definition) is 30. The molecule has 786 valence electrons. The normalized spacial score (nSPS) is 40.6. The van der Waals surface area contributed by atoms with Crippen LogP contribution in [0.15, 0.2) is 85.2 Å². The van der Waals surface area contributed by atoms with Crippen LogP contribution >= 0.6 is 0 Å². The number of aromatic nitrogens is 2. The smallest absolute Gasteiger partial charge is 0.311 e. The lowest BCUT2D eigenvalue weighted by molar-refractivity contribution is -0.320. The Morgan fingerprint density at radius 3 is 1.30 bits per heavy atom. The maximum absolute atomic E-state index is 14.9. The molecule has 2 aromatic heterocycles. The number of carbonyl (C=O) groups is 2. The van der Waals surface area contributed by atoms with Crippen molar-refractivity contribution in [2.45, 2.75) is 417 Å². The summed E-state index contributed by atoms with van der Waals surface area (Å²) in [6.07, 6.45) is -2.61. The highest BCUT2D eigenvalue weighted by atomic mass is 28.4. The van der Waals surface area contributed by atoms with Crippen LogP contribution in [0.1, 0.15) is 208 Å². The summed E-state index contributed by atoms with van der Waals surface area (Å²) in [7, 11) is 8.98. The van der Waals surface area contributed by atoms with Crippen molar-refractivity contribution in [3.05, 3.63) is 96.3 Å². The second-order valence-corrected chi connectivity index (χ2v) is 53.8. The summed E-state index contributed by atoms with van der Waals surface area (Å²) in [5.74, 6) is -4.79. The van der Waals surface area contributed by atoms with Gasteiger partial charge < -0.3 is 126 Å². The lowest BCUT2D eigenvalue weighted by atomic mass is 9.77. The van der Waals surface area contributed by atoms with Crippen LogP contribution in [0, 0.1) is 35.5 Å². The van der Waals surface area contributed by atoms with Crippen molar-refractivity contribution >= 4 is 62.5 Å². The Bertz CT molecular complexity index is 4500. The van der Waals surface area contributed by atoms with Crippen molar-refractivity contribution in [3.63, 3.8) is 0 Å². The Morgan fingerprint density at radius 1 is 0.500 bits per heavy atom. The fourth-order valence-electron chi connectivity index (χ4n) is 21.8. The van der Waals surface area contributed by atoms with E-state index in [1.54, 1.807) is 41.5 Å². The van der Waals surface area contributed by atoms with Gasteiger partial charge >= 0.3 is 11.9 Å². The molecule has 8 heterocycles. The number of carbonyl (C=O) groups excluding carboxylic acids is 2. The van der Waals surface area contributed by atoms with Gasteiger partial charge in [0, 0.05) is 92.2 Å². The fourth-order valence-corrected chi connectivity index (χ4v) is 24.1. The van der Waals surface area contributed by atoms with Crippen LogP contribution in [0.5, 0.6) is 0 Å². The highest BCUT2D eigenvalue weighted by Gasteiger charge is 2.58. The van der Waals surface area contributed by atoms with Crippen molar-refractivity contribution < 1.29 is 116 Å². The van der Waals surface area contributed by atoms with E-state index in [0.717, 1.165) is 39.4 Å². The molecule has 0 spiro atoms. The molecular formula is C106H180N6O24Si2. The monoisotopic (exact) mass is 1980 g/mol. The van der Waals surface area contributed by atoms with Gasteiger partial charge in [0.05, 0.1) is 113 Å². The molecule has 32 heteroatoms. The summed E-state index contributed by atoms with van der Waals surface area (Å²) in [5.41, 5.74) is -4.62. The van der Waals surface area contributed by atoms with E-state index in [-0.39, 0.29) is 82.5 Å². The number of rotatable bonds is 25. The molecule has 6 aliphatic heterocycles. The number of benzene rings is 2. The van der Waals surface area contributed by atoms with E-state index in [2.05, 4.69) is 108 Å². The van der Waals surface area contributed by atoms with Gasteiger partial charge in [0.25, 0.3) is 0 Å². The Hall–Kier alpha value is -4.85. The van der Waals surface area contributed by atoms with Gasteiger partial charge in [-0.1, -0.05) is 110 Å². The molecule has 2 aromatic carbocycles. The standard InChI is InChI=1S/C55H95N3O12Si2.C50H81N3O12.CH4/c1-20-44-55(10,62)48(59)38(6)58(13)33-34(2)30-54(9,63-27-23-24-40-29-41-25-21-22-26-42(41)56-32-40)49(68-52-47(69-71(14,15)16)43(57(11)12)28-35(3)64-52)36(4)46(37(5)51(60)66-44)67-45-31-53(8,61)50(39(7)65-45)70-72(17,18)19;1-15-39-50(10,58)43(55)33(6)53(13)28-29(2)25-49(9,60-22-18-19-35-24-36-20-16-17-21-37(36)51-27-35)45(65-47-41(54)38(52(11)12)23-30(3)61-47)31(4)42(32(5)46(57)63-39)64-40-26-48(8,59-14)44(56)34(7)62-40;/h21-26,29,32,34-39,43-50,52,59,61-62H,20,27-28,30-31,33H2,1-19H3;16-21,24,27,29-34,38-45,47,54-56,58H,15,22-23,25-26,28H2,1-14H3;1H4/b24-23+;19-18+;/t34-,35-,36+,37-,38-,39+,43+,44-,45+,46+,47-,48-,49-,50+,52+,53+,54-,55-;29-,30-,31+,32-,33-,34+,38+,39-,40+,41-,42+,43-,44+,45-,47+,48+,49-,50-;/m11./s1. The molecule has 0 unspecified atom stereocenters. The minimum atomic E-state index is -2.22. The fraction of sp³-hybridized carbons (Fsp3) is 0.774. The van der Waals surface area contributed by atoms with Crippen LogP contribution in [0.3, 0.4) is 0 Å². The number of aliphatic hydroxyl groups is 7. The maximum atomic E-state index is 14.9. The van der Waals surface area contributed by atoms with Crippen molar-refractivity contribution in [2.75, 3.05) is 75.7 Å². The molecule has 0 saturated carbocycles. The number of likely N-dealkylation sites (N-methyl/N-ethyl adjacent to an activating group) is 4. The molecular weight excluding hydrogens is 1800 g/mol. The Morgan fingerprint density at radius 2 is 0.899 bits per heavy atom. The Kier molecular flexibility index (Phi) is 42.5. The molecule has 6 fully saturated rings. The zero-order chi connectivity index (χ0) is 102. The van der Waals surface area contributed by atoms with E-state index in [4.69, 9.17) is 70.4 Å². The largest absolute Gasteiger partial charge is 0.459 e. The maximum Gasteiger partial charge on any atom is 0.311 e. The van der Waals surface area contributed by atoms with Crippen LogP contribution < -0.4 is 0 Å². The molecule has 138 heavy (non-hydrogen) atoms. The number of ether oxygens (including phenoxy) is 13. The lowest BCUT2D eigenvalue weighted by Gasteiger charge is -2.51. The molecule has 4 aromatic rings. The average Bonchev–Trinajstić information content (AvgIpc) is 0.848. The van der Waals surface area contributed by atoms with Crippen molar-refractivity contribution in [3.8, 4) is 0 Å². The zero-order valence-electron chi connectivity index (χ0n) is 88.8. The highest BCUT2D eigenvalue weighted by molar-refractivity contribution is 6.70. The first-order valence-corrected chi connectivity index (χ1v) is 57.0. The van der Waals surface area contributed by atoms with Gasteiger partial charge in [-0.2, -0.15) is 0 Å². The molecule has 10 rings (SSSR count). The number of cyclic esters (lactones) is 2. The first-order valence-electron chi connectivity index (χ1n) is 50.2. The molecule has 6 aliphatic rings. The van der Waals surface area contributed by atoms with Crippen molar-refractivity contribution in [1.82, 2.24) is 29.6 Å². The second-order valence-electron chi connectivity index (χ2n) is 44.8. The van der Waals surface area contributed by atoms with Gasteiger partial charge in [0.1, 0.15) is 53.9 Å². The summed E-state index contributed by atoms with van der Waals surface area (Å²) in [5, 5.41) is 85.1. The van der Waals surface area contributed by atoms with E-state index in [1.807, 2.05) is 184 Å². The Balaban J connectivity index is 0.000000338. The van der Waals surface area contributed by atoms with Crippen LogP contribution in [-0.4, -0.2) is 350 Å². The van der Waals surface area contributed by atoms with Crippen LogP contribution in [-0.2, 0) is 80.0 Å². The SMILES string of the molecule is C.CC[C@H]1OC(=O)[C@H](C)[C@@H](O[C@H]2C[C@](C)(O)[C@@H](O[Si](C)(C)C)[C@H](C)O2)[C@H](C)[C@@H](O[C@@H]2O[C@H](C)C[C@H](N(C)C)[C@H]2O[Si](C)(C)C)[C@](C)(OC/C=C/c2cnc3ccccc3c2)C[C@@H](C)CN(C)[C@H](C)[C@@H](O)[C@]1(C)O.CC[C@H]1OC(=O)[C@H](C)[C@@H](O[C@H]2C[C@](C)(OC)[C@@H](O)[C@H](C)O2)[C@H](C)[C@@H](O[C@@H]2O[C@H](C)C[C@H](N(C)C)[C@H]2O)[C@](C)(OC/C=C/c2cnc3ccccc3c2)C[C@@H](C)CN(C)[C@H](C)[C@@H](O)[C@]1(C)O. The third kappa shape index (κ3) is 30.0. The minimum Gasteiger partial charge on any atom is -0.459 e. The van der Waals surface area contributed by atoms with E-state index < -0.39 is 209 Å². The Labute approximate surface area is 828 Å². The summed E-state index contributed by atoms with van der Waals surface area (Å²) in [6.45, 7) is 51.4. The topological polar surface area (TPSA) is 353 Å². The van der Waals surface area contributed by atoms with E-state index >= 15 is 0 Å². The number of para-hydroxylation sites is 2. The average molecular weight is 1980 g/mol. The number of pyridine rings is 2. The molecule has 0 bridgehead atoms. The third-order valence-corrected chi connectivity index (χ3v) is 31.6. The number of methoxy groups -OCH3 is 1. The minimum absolute atomic E-state index is 0. The molecule has 0 aliphatic carbocycles. The first kappa shape index (κ1) is 118. The van der Waals surface area contributed by atoms with Gasteiger partial charge in [-0.25, -0.2) is 0 Å². The molecule has 30 nitrogen and oxygen atoms in total. The quantitative estimate of drug-likeness (QED) is 0.0239. The molecule has 0 radical (unpaired) electrons. The van der Waals surface area contributed by atoms with Crippen LogP contribution in [0.4, 0.5) is 0 Å². The van der Waals surface area contributed by atoms with Gasteiger partial charge in [0.2, 0.25) is 0 Å². The van der Waals surface area contributed by atoms with Gasteiger partial charge in [0.15, 0.2) is 41.8 Å². The van der Waals surface area contributed by atoms with Crippen molar-refractivity contribution in [2.24, 2.45) is 35.5 Å². The predicted molar refractivity (Wildman–Crippen MR) is 544 cm³/mol. The van der Waals surface area contributed by atoms with E-state index in [9.17, 15) is 45.3 Å². The van der Waals surface area contributed by atoms with Crippen LogP contribution in [0.2, 0.25) is 39.3 Å². The lowest BCUT2D eigenvalue weighted by Crippen LogP contribution is -2.62. The zero-order valence-corrected chi connectivity index (χ0v) is 90.8. The number of nitrogens with zero attached hydrogens (tertiary/aromatic N) is 6. The van der Waals surface area contributed by atoms with E-state index in [0.29, 0.717) is 32.4 Å². The molecule has 7 N–H and O–H groups in total. The third-order valence-electron chi connectivity index (χ3n) is 29.7. The van der Waals surface area contributed by atoms with Gasteiger partial charge in [-0.3, -0.25) is 19.6 Å². The number of esters is 2. The summed E-state index contributed by atoms with van der Waals surface area (Å²) in [6, 6.07) is 18.7. The summed E-state index contributed by atoms with van der Waals surface area (Å²) in [4.78, 5) is 47.1. The van der Waals surface area contributed by atoms with Gasteiger partial charge in [-0.05, 0) is 264 Å². The number of aliphatic hydroxyl groups excluding tert-OH is 4. The van der Waals surface area contributed by atoms with Gasteiger partial charge in [-0.15, -0.1) is 0 Å². The number of fused-ring (bicyclic) bond motifs is 2. The molecule has 36 atom stereocenters. The molecule has 0 amide bonds. The highest BCUT2D eigenvalue weighted by Crippen LogP contribution is 2.47. The van der Waals surface area contributed by atoms with E-state index in [1.165, 1.54) is 21.0 Å². The summed E-state index contributed by atoms with van der Waals surface area (Å²) < 4.78 is 101. The predicted octanol–water partition coefficient (Wildman–Crippen LogP) is 14.1.